The first-order valence-corrected chi connectivity index (χ1v) is 7.18. The highest BCUT2D eigenvalue weighted by molar-refractivity contribution is 9.06. The van der Waals surface area contributed by atoms with Gasteiger partial charge < -0.3 is 8.57 Å². The van der Waals surface area contributed by atoms with Crippen molar-refractivity contribution in [3.05, 3.63) is 33.8 Å². The molecule has 0 saturated heterocycles. The number of ether oxygens (including phenoxy) is 1. The summed E-state index contributed by atoms with van der Waals surface area (Å²) in [6, 6.07) is 5.17. The summed E-state index contributed by atoms with van der Waals surface area (Å²) < 4.78 is 9.85. The molecule has 1 aromatic carbocycles. The van der Waals surface area contributed by atoms with E-state index in [1.165, 1.54) is 0 Å². The number of rotatable bonds is 6. The Morgan fingerprint density at radius 1 is 1.42 bits per heavy atom. The van der Waals surface area contributed by atoms with Gasteiger partial charge in [-0.2, -0.15) is 0 Å². The van der Waals surface area contributed by atoms with Crippen molar-refractivity contribution in [3.8, 4) is 0 Å². The predicted octanol–water partition coefficient (Wildman–Crippen LogP) is 4.75. The van der Waals surface area contributed by atoms with E-state index in [0.717, 1.165) is 5.56 Å². The van der Waals surface area contributed by atoms with Crippen LogP contribution in [0.15, 0.2) is 18.2 Å². The lowest BCUT2D eigenvalue weighted by Gasteiger charge is -2.17. The fourth-order valence-electron chi connectivity index (χ4n) is 1.27. The third kappa shape index (κ3) is 5.48. The molecule has 1 aromatic rings. The first kappa shape index (κ1) is 17.1. The first-order chi connectivity index (χ1) is 8.86. The van der Waals surface area contributed by atoms with E-state index in [1.807, 2.05) is 0 Å². The first-order valence-electron chi connectivity index (χ1n) is 5.40. The third-order valence-electron chi connectivity index (χ3n) is 2.48. The van der Waals surface area contributed by atoms with Crippen molar-refractivity contribution >= 4 is 57.0 Å². The second-order valence-electron chi connectivity index (χ2n) is 4.10. The summed E-state index contributed by atoms with van der Waals surface area (Å²) in [7, 11) is 0. The Balaban J connectivity index is 2.41. The van der Waals surface area contributed by atoms with Crippen molar-refractivity contribution < 1.29 is 13.4 Å². The quantitative estimate of drug-likeness (QED) is 0.519. The minimum atomic E-state index is -1.12. The number of hydrogen-bond donors (Lipinski definition) is 0. The van der Waals surface area contributed by atoms with Gasteiger partial charge in [0.05, 0.1) is 6.61 Å². The lowest BCUT2D eigenvalue weighted by atomic mass is 10.1. The molecule has 0 radical (unpaired) electrons. The van der Waals surface area contributed by atoms with Gasteiger partial charge in [0.2, 0.25) is 0 Å². The van der Waals surface area contributed by atoms with E-state index in [4.69, 9.17) is 39.5 Å². The highest BCUT2D eigenvalue weighted by atomic mass is 79.9. The van der Waals surface area contributed by atoms with Crippen molar-refractivity contribution in [2.75, 3.05) is 6.61 Å². The van der Waals surface area contributed by atoms with Crippen molar-refractivity contribution in [1.29, 1.82) is 0 Å². The number of halogens is 4. The molecule has 19 heavy (non-hydrogen) atoms. The fraction of sp³-hybridized carbons (Fsp3) is 0.417. The molecule has 0 aliphatic carbocycles. The van der Waals surface area contributed by atoms with E-state index in [9.17, 15) is 4.79 Å². The second kappa shape index (κ2) is 7.70. The molecule has 7 heteroatoms. The minimum absolute atomic E-state index is 0.307. The highest BCUT2D eigenvalue weighted by Crippen LogP contribution is 2.24. The van der Waals surface area contributed by atoms with Crippen LogP contribution in [-0.4, -0.2) is 17.5 Å². The molecular weight excluding hydrogens is 378 g/mol. The Hall–Kier alpha value is -0.000000000000000111. The van der Waals surface area contributed by atoms with Crippen LogP contribution < -0.4 is 0 Å². The van der Waals surface area contributed by atoms with E-state index >= 15 is 0 Å². The topological polar surface area (TPSA) is 35.5 Å². The molecule has 1 unspecified atom stereocenters. The lowest BCUT2D eigenvalue weighted by Crippen LogP contribution is -2.30. The zero-order valence-corrected chi connectivity index (χ0v) is 13.9. The molecule has 1 rings (SSSR count). The largest absolute Gasteiger partial charge is 0.382 e. The number of carbonyl (C=O) groups is 1. The Morgan fingerprint density at radius 2 is 2.11 bits per heavy atom. The second-order valence-corrected chi connectivity index (χ2v) is 6.10. The molecule has 0 spiro atoms. The average molecular weight is 390 g/mol. The van der Waals surface area contributed by atoms with Gasteiger partial charge >= 0.3 is 5.97 Å². The van der Waals surface area contributed by atoms with Gasteiger partial charge in [-0.1, -0.05) is 29.3 Å². The summed E-state index contributed by atoms with van der Waals surface area (Å²) in [6.07, 6.45) is 0.324. The summed E-state index contributed by atoms with van der Waals surface area (Å²) in [5, 5.41) is 1.11. The molecule has 0 aliphatic rings. The van der Waals surface area contributed by atoms with Crippen LogP contribution >= 0.6 is 51.1 Å². The van der Waals surface area contributed by atoms with Crippen molar-refractivity contribution in [3.63, 3.8) is 0 Å². The maximum Gasteiger partial charge on any atom is 0.338 e. The molecule has 0 fully saturated rings. The van der Waals surface area contributed by atoms with Gasteiger partial charge in [0.25, 0.3) is 0 Å². The van der Waals surface area contributed by atoms with Crippen LogP contribution in [0.5, 0.6) is 0 Å². The molecule has 0 saturated carbocycles. The predicted molar refractivity (Wildman–Crippen MR) is 80.0 cm³/mol. The highest BCUT2D eigenvalue weighted by Gasteiger charge is 2.31. The summed E-state index contributed by atoms with van der Waals surface area (Å²) in [4.78, 5) is 10.2. The van der Waals surface area contributed by atoms with Crippen LogP contribution in [0.25, 0.3) is 0 Å². The van der Waals surface area contributed by atoms with Gasteiger partial charge in [0.15, 0.2) is 16.3 Å². The smallest absolute Gasteiger partial charge is 0.338 e. The molecule has 0 amide bonds. The molecule has 0 bridgehead atoms. The standard InChI is InChI=1S/C12H12BrCl3O3/c1-12(16,11(17)19-13)4-5-18-7-8-2-3-9(14)6-10(8)15/h2-3,6H,4-5,7H2,1H3. The lowest BCUT2D eigenvalue weighted by molar-refractivity contribution is -0.135. The fourth-order valence-corrected chi connectivity index (χ4v) is 2.30. The normalized spacial score (nSPS) is 13.9. The molecule has 0 aliphatic heterocycles. The molecule has 3 nitrogen and oxygen atoms in total. The van der Waals surface area contributed by atoms with Gasteiger partial charge in [0.1, 0.15) is 4.87 Å². The Kier molecular flexibility index (Phi) is 6.91. The molecule has 0 heterocycles. The summed E-state index contributed by atoms with van der Waals surface area (Å²) in [5.74, 6) is -0.553. The van der Waals surface area contributed by atoms with Crippen LogP contribution in [0, 0.1) is 0 Å². The van der Waals surface area contributed by atoms with Gasteiger partial charge in [-0.15, -0.1) is 11.6 Å². The monoisotopic (exact) mass is 388 g/mol. The van der Waals surface area contributed by atoms with Gasteiger partial charge in [-0.3, -0.25) is 0 Å². The van der Waals surface area contributed by atoms with Gasteiger partial charge in [0, 0.05) is 23.1 Å². The van der Waals surface area contributed by atoms with E-state index in [-0.39, 0.29) is 0 Å². The average Bonchev–Trinajstić information content (AvgIpc) is 2.35. The Morgan fingerprint density at radius 3 is 2.68 bits per heavy atom. The molecule has 0 N–H and O–H groups in total. The van der Waals surface area contributed by atoms with E-state index in [1.54, 1.807) is 25.1 Å². The SMILES string of the molecule is CC(Cl)(CCOCc1ccc(Cl)cc1Cl)C(=O)OBr. The van der Waals surface area contributed by atoms with E-state index in [2.05, 4.69) is 20.1 Å². The summed E-state index contributed by atoms with van der Waals surface area (Å²) in [6.45, 7) is 2.20. The van der Waals surface area contributed by atoms with Crippen molar-refractivity contribution in [1.82, 2.24) is 0 Å². The van der Waals surface area contributed by atoms with Crippen LogP contribution in [0.4, 0.5) is 0 Å². The van der Waals surface area contributed by atoms with Crippen LogP contribution in [0.1, 0.15) is 18.9 Å². The third-order valence-corrected chi connectivity index (χ3v) is 3.71. The molecule has 106 valence electrons. The Bertz CT molecular complexity index is 452. The maximum atomic E-state index is 11.3. The van der Waals surface area contributed by atoms with Crippen LogP contribution in [0.3, 0.4) is 0 Å². The number of carbonyl (C=O) groups excluding carboxylic acids is 1. The number of alkyl halides is 1. The zero-order chi connectivity index (χ0) is 14.5. The van der Waals surface area contributed by atoms with Crippen LogP contribution in [-0.2, 0) is 20.0 Å². The number of hydrogen-bond acceptors (Lipinski definition) is 3. The van der Waals surface area contributed by atoms with Crippen LogP contribution in [0.2, 0.25) is 10.0 Å². The maximum absolute atomic E-state index is 11.3. The van der Waals surface area contributed by atoms with E-state index < -0.39 is 10.8 Å². The summed E-state index contributed by atoms with van der Waals surface area (Å²) >= 11 is 20.4. The van der Waals surface area contributed by atoms with Crippen molar-refractivity contribution in [2.45, 2.75) is 24.8 Å². The van der Waals surface area contributed by atoms with Gasteiger partial charge in [-0.05, 0) is 24.6 Å². The van der Waals surface area contributed by atoms with E-state index in [0.29, 0.717) is 29.7 Å². The molecule has 0 aromatic heterocycles. The summed E-state index contributed by atoms with van der Waals surface area (Å²) in [5.41, 5.74) is 0.824. The molecular formula is C12H12BrCl3O3. The Labute approximate surface area is 135 Å². The number of benzene rings is 1. The molecule has 1 atom stereocenters. The van der Waals surface area contributed by atoms with Crippen molar-refractivity contribution in [2.24, 2.45) is 0 Å². The minimum Gasteiger partial charge on any atom is -0.382 e. The zero-order valence-electron chi connectivity index (χ0n) is 10.1. The van der Waals surface area contributed by atoms with Gasteiger partial charge in [-0.25, -0.2) is 4.79 Å².